The standard InChI is InChI=1S/C24H28BrN5O/c1-16-14-20(17(2)30(16)19-9-6-8-18(25)15-19)24(31)28-13-7-10-21(28)23-27-26-22-11-4-3-5-12-29(22)23/h6,8-9,14-15,21H,3-5,7,10-13H2,1-2H3. The lowest BCUT2D eigenvalue weighted by Gasteiger charge is -2.25. The van der Waals surface area contributed by atoms with Gasteiger partial charge in [-0.15, -0.1) is 10.2 Å². The molecule has 1 aromatic carbocycles. The van der Waals surface area contributed by atoms with E-state index in [2.05, 4.69) is 54.3 Å². The number of halogens is 1. The van der Waals surface area contributed by atoms with Crippen molar-refractivity contribution in [2.75, 3.05) is 6.54 Å². The maximum atomic E-state index is 13.7. The van der Waals surface area contributed by atoms with Gasteiger partial charge in [0.25, 0.3) is 5.91 Å². The van der Waals surface area contributed by atoms with Crippen molar-refractivity contribution in [1.82, 2.24) is 24.2 Å². The minimum absolute atomic E-state index is 0.0146. The molecule has 2 aliphatic heterocycles. The van der Waals surface area contributed by atoms with E-state index in [4.69, 9.17) is 0 Å². The maximum absolute atomic E-state index is 13.7. The molecule has 1 atom stereocenters. The van der Waals surface area contributed by atoms with Crippen molar-refractivity contribution in [2.24, 2.45) is 0 Å². The number of aromatic nitrogens is 4. The van der Waals surface area contributed by atoms with Gasteiger partial charge in [-0.25, -0.2) is 0 Å². The second-order valence-electron chi connectivity index (χ2n) is 8.69. The summed E-state index contributed by atoms with van der Waals surface area (Å²) in [5, 5.41) is 9.04. The lowest BCUT2D eigenvalue weighted by molar-refractivity contribution is 0.0726. The van der Waals surface area contributed by atoms with Gasteiger partial charge in [0.15, 0.2) is 5.82 Å². The van der Waals surface area contributed by atoms with Crippen LogP contribution in [0.2, 0.25) is 0 Å². The van der Waals surface area contributed by atoms with E-state index in [9.17, 15) is 4.79 Å². The van der Waals surface area contributed by atoms with Crippen LogP contribution in [0.3, 0.4) is 0 Å². The molecule has 1 saturated heterocycles. The lowest BCUT2D eigenvalue weighted by atomic mass is 10.1. The van der Waals surface area contributed by atoms with Crippen LogP contribution in [-0.4, -0.2) is 36.7 Å². The maximum Gasteiger partial charge on any atom is 0.256 e. The van der Waals surface area contributed by atoms with Crippen LogP contribution in [0.1, 0.15) is 71.5 Å². The molecule has 3 aromatic rings. The number of aryl methyl sites for hydroxylation is 2. The Labute approximate surface area is 191 Å². The largest absolute Gasteiger partial charge is 0.328 e. The normalized spacial score (nSPS) is 18.8. The van der Waals surface area contributed by atoms with Gasteiger partial charge in [-0.2, -0.15) is 0 Å². The Kier molecular flexibility index (Phi) is 5.46. The molecule has 6 nitrogen and oxygen atoms in total. The number of hydrogen-bond donors (Lipinski definition) is 0. The first-order valence-electron chi connectivity index (χ1n) is 11.2. The van der Waals surface area contributed by atoms with E-state index in [-0.39, 0.29) is 11.9 Å². The Morgan fingerprint density at radius 2 is 1.94 bits per heavy atom. The van der Waals surface area contributed by atoms with E-state index in [0.29, 0.717) is 0 Å². The zero-order chi connectivity index (χ0) is 21.5. The summed E-state index contributed by atoms with van der Waals surface area (Å²) in [4.78, 5) is 15.7. The number of likely N-dealkylation sites (tertiary alicyclic amines) is 1. The third-order valence-corrected chi connectivity index (χ3v) is 7.17. The fraction of sp³-hybridized carbons (Fsp3) is 0.458. The second kappa shape index (κ2) is 8.26. The Balaban J connectivity index is 1.48. The molecule has 31 heavy (non-hydrogen) atoms. The molecule has 0 radical (unpaired) electrons. The fourth-order valence-corrected chi connectivity index (χ4v) is 5.57. The highest BCUT2D eigenvalue weighted by Crippen LogP contribution is 2.35. The highest BCUT2D eigenvalue weighted by atomic mass is 79.9. The average molecular weight is 482 g/mol. The van der Waals surface area contributed by atoms with Gasteiger partial charge in [-0.3, -0.25) is 4.79 Å². The Morgan fingerprint density at radius 1 is 1.06 bits per heavy atom. The summed E-state index contributed by atoms with van der Waals surface area (Å²) >= 11 is 3.56. The summed E-state index contributed by atoms with van der Waals surface area (Å²) < 4.78 is 5.47. The quantitative estimate of drug-likeness (QED) is 0.519. The molecule has 1 amide bonds. The predicted molar refractivity (Wildman–Crippen MR) is 124 cm³/mol. The van der Waals surface area contributed by atoms with Gasteiger partial charge in [-0.1, -0.05) is 28.4 Å². The predicted octanol–water partition coefficient (Wildman–Crippen LogP) is 5.15. The summed E-state index contributed by atoms with van der Waals surface area (Å²) in [6.07, 6.45) is 6.51. The van der Waals surface area contributed by atoms with Crippen molar-refractivity contribution >= 4 is 21.8 Å². The molecule has 162 valence electrons. The molecule has 1 fully saturated rings. The Bertz CT molecular complexity index is 1130. The second-order valence-corrected chi connectivity index (χ2v) is 9.61. The minimum Gasteiger partial charge on any atom is -0.328 e. The zero-order valence-electron chi connectivity index (χ0n) is 18.1. The van der Waals surface area contributed by atoms with Crippen molar-refractivity contribution in [3.8, 4) is 5.69 Å². The summed E-state index contributed by atoms with van der Waals surface area (Å²) in [6, 6.07) is 10.2. The highest BCUT2D eigenvalue weighted by molar-refractivity contribution is 9.10. The Morgan fingerprint density at radius 3 is 2.77 bits per heavy atom. The van der Waals surface area contributed by atoms with Crippen molar-refractivity contribution < 1.29 is 4.79 Å². The van der Waals surface area contributed by atoms with Crippen LogP contribution in [0.15, 0.2) is 34.8 Å². The average Bonchev–Trinajstić information content (AvgIpc) is 3.41. The SMILES string of the molecule is Cc1cc(C(=O)N2CCCC2c2nnc3n2CCCCC3)c(C)n1-c1cccc(Br)c1. The molecule has 7 heteroatoms. The third kappa shape index (κ3) is 3.63. The van der Waals surface area contributed by atoms with Crippen LogP contribution in [0.25, 0.3) is 5.69 Å². The molecular weight excluding hydrogens is 454 g/mol. The van der Waals surface area contributed by atoms with Gasteiger partial charge in [0.2, 0.25) is 0 Å². The van der Waals surface area contributed by atoms with Crippen molar-refractivity contribution in [1.29, 1.82) is 0 Å². The zero-order valence-corrected chi connectivity index (χ0v) is 19.7. The summed E-state index contributed by atoms with van der Waals surface area (Å²) in [5.41, 5.74) is 3.88. The summed E-state index contributed by atoms with van der Waals surface area (Å²) in [6.45, 7) is 5.83. The fourth-order valence-electron chi connectivity index (χ4n) is 5.18. The number of amides is 1. The molecule has 4 heterocycles. The number of benzene rings is 1. The Hall–Kier alpha value is -2.41. The number of rotatable bonds is 3. The first-order chi connectivity index (χ1) is 15.0. The molecular formula is C24H28BrN5O. The molecule has 1 unspecified atom stereocenters. The smallest absolute Gasteiger partial charge is 0.256 e. The molecule has 0 N–H and O–H groups in total. The number of carbonyl (C=O) groups excluding carboxylic acids is 1. The highest BCUT2D eigenvalue weighted by Gasteiger charge is 2.36. The first kappa shape index (κ1) is 20.5. The van der Waals surface area contributed by atoms with Crippen LogP contribution in [0, 0.1) is 13.8 Å². The number of carbonyl (C=O) groups is 1. The molecule has 0 spiro atoms. The number of fused-ring (bicyclic) bond motifs is 1. The topological polar surface area (TPSA) is 56.0 Å². The lowest BCUT2D eigenvalue weighted by Crippen LogP contribution is -2.32. The van der Waals surface area contributed by atoms with E-state index < -0.39 is 0 Å². The van der Waals surface area contributed by atoms with E-state index in [1.807, 2.05) is 30.0 Å². The van der Waals surface area contributed by atoms with Gasteiger partial charge in [0.05, 0.1) is 11.6 Å². The molecule has 0 bridgehead atoms. The first-order valence-corrected chi connectivity index (χ1v) is 12.0. The summed E-state index contributed by atoms with van der Waals surface area (Å²) in [7, 11) is 0. The molecule has 2 aliphatic rings. The monoisotopic (exact) mass is 481 g/mol. The van der Waals surface area contributed by atoms with Crippen LogP contribution < -0.4 is 0 Å². The van der Waals surface area contributed by atoms with Gasteiger partial charge < -0.3 is 14.0 Å². The minimum atomic E-state index is 0.0146. The van der Waals surface area contributed by atoms with Crippen LogP contribution in [-0.2, 0) is 13.0 Å². The van der Waals surface area contributed by atoms with Gasteiger partial charge >= 0.3 is 0 Å². The van der Waals surface area contributed by atoms with Gasteiger partial charge in [-0.05, 0) is 63.8 Å². The van der Waals surface area contributed by atoms with Crippen molar-refractivity contribution in [3.63, 3.8) is 0 Å². The molecule has 2 aromatic heterocycles. The van der Waals surface area contributed by atoms with Crippen LogP contribution in [0.4, 0.5) is 0 Å². The third-order valence-electron chi connectivity index (χ3n) is 6.68. The van der Waals surface area contributed by atoms with Crippen LogP contribution >= 0.6 is 15.9 Å². The van der Waals surface area contributed by atoms with E-state index in [1.165, 1.54) is 12.8 Å². The molecule has 5 rings (SSSR count). The molecule has 0 saturated carbocycles. The van der Waals surface area contributed by atoms with Crippen LogP contribution in [0.5, 0.6) is 0 Å². The van der Waals surface area contributed by atoms with E-state index in [0.717, 1.165) is 77.5 Å². The van der Waals surface area contributed by atoms with E-state index >= 15 is 0 Å². The summed E-state index contributed by atoms with van der Waals surface area (Å²) in [5.74, 6) is 2.16. The van der Waals surface area contributed by atoms with Crippen molar-refractivity contribution in [3.05, 3.63) is 63.4 Å². The van der Waals surface area contributed by atoms with Gasteiger partial charge in [0, 0.05) is 41.1 Å². The molecule has 0 aliphatic carbocycles. The van der Waals surface area contributed by atoms with Gasteiger partial charge in [0.1, 0.15) is 5.82 Å². The number of nitrogens with zero attached hydrogens (tertiary/aromatic N) is 5. The van der Waals surface area contributed by atoms with Crippen molar-refractivity contribution in [2.45, 2.75) is 65.0 Å². The number of hydrogen-bond acceptors (Lipinski definition) is 3. The van der Waals surface area contributed by atoms with E-state index in [1.54, 1.807) is 0 Å².